The highest BCUT2D eigenvalue weighted by atomic mass is 35.5. The van der Waals surface area contributed by atoms with Crippen LogP contribution in [0.15, 0.2) is 17.0 Å². The van der Waals surface area contributed by atoms with E-state index in [2.05, 4.69) is 0 Å². The average molecular weight is 333 g/mol. The van der Waals surface area contributed by atoms with E-state index in [0.29, 0.717) is 29.4 Å². The molecule has 0 heterocycles. The van der Waals surface area contributed by atoms with E-state index in [9.17, 15) is 8.42 Å². The van der Waals surface area contributed by atoms with E-state index in [1.54, 1.807) is 11.2 Å². The van der Waals surface area contributed by atoms with Gasteiger partial charge < -0.3 is 5.73 Å². The van der Waals surface area contributed by atoms with Crippen molar-refractivity contribution in [2.75, 3.05) is 18.8 Å². The van der Waals surface area contributed by atoms with Gasteiger partial charge in [-0.2, -0.15) is 4.31 Å². The first-order valence-corrected chi connectivity index (χ1v) is 9.22. The van der Waals surface area contributed by atoms with Gasteiger partial charge in [-0.05, 0) is 37.5 Å². The largest absolute Gasteiger partial charge is 0.398 e. The van der Waals surface area contributed by atoms with Gasteiger partial charge in [0, 0.05) is 23.8 Å². The highest BCUT2D eigenvalue weighted by Crippen LogP contribution is 2.28. The predicted molar refractivity (Wildman–Crippen MR) is 89.2 cm³/mol. The molecule has 21 heavy (non-hydrogen) atoms. The van der Waals surface area contributed by atoms with Crippen LogP contribution in [0.4, 0.5) is 5.69 Å². The Morgan fingerprint density at radius 3 is 2.10 bits per heavy atom. The van der Waals surface area contributed by atoms with Gasteiger partial charge in [-0.25, -0.2) is 8.42 Å². The fourth-order valence-electron chi connectivity index (χ4n) is 1.99. The van der Waals surface area contributed by atoms with Gasteiger partial charge in [0.25, 0.3) is 0 Å². The summed E-state index contributed by atoms with van der Waals surface area (Å²) >= 11 is 6.08. The van der Waals surface area contributed by atoms with Crippen LogP contribution >= 0.6 is 11.6 Å². The van der Waals surface area contributed by atoms with Crippen molar-refractivity contribution in [3.05, 3.63) is 22.7 Å². The Labute approximate surface area is 133 Å². The van der Waals surface area contributed by atoms with E-state index in [1.165, 1.54) is 12.1 Å². The SMILES string of the molecule is CCCCN(CCCC)S(=O)(=O)c1cc(N)c(C)c(Cl)c1. The van der Waals surface area contributed by atoms with Crippen LogP contribution in [0.1, 0.15) is 45.1 Å². The third-order valence-corrected chi connectivity index (χ3v) is 5.79. The lowest BCUT2D eigenvalue weighted by molar-refractivity contribution is 0.395. The molecule has 120 valence electrons. The summed E-state index contributed by atoms with van der Waals surface area (Å²) in [4.78, 5) is 0.183. The quantitative estimate of drug-likeness (QED) is 0.736. The Hall–Kier alpha value is -0.780. The number of nitrogen functional groups attached to an aromatic ring is 1. The fourth-order valence-corrected chi connectivity index (χ4v) is 3.86. The fraction of sp³-hybridized carbons (Fsp3) is 0.600. The first-order chi connectivity index (χ1) is 9.84. The molecule has 0 radical (unpaired) electrons. The summed E-state index contributed by atoms with van der Waals surface area (Å²) in [5.74, 6) is 0. The third kappa shape index (κ3) is 4.59. The molecule has 0 spiro atoms. The zero-order valence-corrected chi connectivity index (χ0v) is 14.6. The Balaban J connectivity index is 3.15. The summed E-state index contributed by atoms with van der Waals surface area (Å²) in [5, 5.41) is 0.388. The van der Waals surface area contributed by atoms with Crippen molar-refractivity contribution in [1.82, 2.24) is 4.31 Å². The molecular formula is C15H25ClN2O2S. The van der Waals surface area contributed by atoms with Gasteiger partial charge in [0.1, 0.15) is 0 Å². The number of nitrogens with two attached hydrogens (primary N) is 1. The molecule has 0 aromatic heterocycles. The molecule has 0 amide bonds. The summed E-state index contributed by atoms with van der Waals surface area (Å²) in [7, 11) is -3.54. The van der Waals surface area contributed by atoms with Crippen molar-refractivity contribution >= 4 is 27.3 Å². The monoisotopic (exact) mass is 332 g/mol. The number of unbranched alkanes of at least 4 members (excludes halogenated alkanes) is 2. The minimum Gasteiger partial charge on any atom is -0.398 e. The second kappa shape index (κ2) is 8.01. The molecule has 0 bridgehead atoms. The van der Waals surface area contributed by atoms with Crippen LogP contribution in [-0.2, 0) is 10.0 Å². The number of benzene rings is 1. The Bertz CT molecular complexity index is 542. The molecule has 1 aromatic carbocycles. The first kappa shape index (κ1) is 18.3. The standard InChI is InChI=1S/C15H25ClN2O2S/c1-4-6-8-18(9-7-5-2)21(19,20)13-10-14(16)12(3)15(17)11-13/h10-11H,4-9,17H2,1-3H3. The zero-order chi connectivity index (χ0) is 16.0. The van der Waals surface area contributed by atoms with Gasteiger partial charge in [-0.3, -0.25) is 0 Å². The lowest BCUT2D eigenvalue weighted by Gasteiger charge is -2.22. The molecule has 6 heteroatoms. The van der Waals surface area contributed by atoms with Gasteiger partial charge in [0.15, 0.2) is 0 Å². The maximum Gasteiger partial charge on any atom is 0.243 e. The van der Waals surface area contributed by atoms with E-state index in [0.717, 1.165) is 25.7 Å². The Morgan fingerprint density at radius 2 is 1.67 bits per heavy atom. The molecule has 0 unspecified atom stereocenters. The predicted octanol–water partition coefficient (Wildman–Crippen LogP) is 3.82. The third-order valence-electron chi connectivity index (χ3n) is 3.52. The normalized spacial score (nSPS) is 12.0. The number of halogens is 1. The number of anilines is 1. The van der Waals surface area contributed by atoms with Crippen molar-refractivity contribution < 1.29 is 8.42 Å². The van der Waals surface area contributed by atoms with Crippen LogP contribution in [0.25, 0.3) is 0 Å². The van der Waals surface area contributed by atoms with Crippen LogP contribution < -0.4 is 5.73 Å². The van der Waals surface area contributed by atoms with Gasteiger partial charge in [0.2, 0.25) is 10.0 Å². The van der Waals surface area contributed by atoms with Crippen molar-refractivity contribution in [3.63, 3.8) is 0 Å². The summed E-state index contributed by atoms with van der Waals surface area (Å²) in [6.45, 7) is 6.94. The molecule has 0 atom stereocenters. The van der Waals surface area contributed by atoms with Crippen LogP contribution in [0.3, 0.4) is 0 Å². The van der Waals surface area contributed by atoms with Crippen LogP contribution in [0.2, 0.25) is 5.02 Å². The van der Waals surface area contributed by atoms with E-state index in [4.69, 9.17) is 17.3 Å². The second-order valence-electron chi connectivity index (χ2n) is 5.23. The van der Waals surface area contributed by atoms with Gasteiger partial charge >= 0.3 is 0 Å². The highest BCUT2D eigenvalue weighted by molar-refractivity contribution is 7.89. The highest BCUT2D eigenvalue weighted by Gasteiger charge is 2.24. The van der Waals surface area contributed by atoms with E-state index in [1.807, 2.05) is 13.8 Å². The van der Waals surface area contributed by atoms with Crippen molar-refractivity contribution in [2.24, 2.45) is 0 Å². The number of hydrogen-bond acceptors (Lipinski definition) is 3. The molecule has 4 nitrogen and oxygen atoms in total. The molecule has 0 saturated heterocycles. The number of hydrogen-bond donors (Lipinski definition) is 1. The van der Waals surface area contributed by atoms with E-state index < -0.39 is 10.0 Å². The van der Waals surface area contributed by atoms with Crippen LogP contribution in [0, 0.1) is 6.92 Å². The minimum absolute atomic E-state index is 0.183. The smallest absolute Gasteiger partial charge is 0.243 e. The second-order valence-corrected chi connectivity index (χ2v) is 7.58. The lowest BCUT2D eigenvalue weighted by atomic mass is 10.2. The number of rotatable bonds is 8. The molecule has 0 aliphatic rings. The van der Waals surface area contributed by atoms with E-state index >= 15 is 0 Å². The summed E-state index contributed by atoms with van der Waals surface area (Å²) in [6, 6.07) is 2.99. The summed E-state index contributed by atoms with van der Waals surface area (Å²) < 4.78 is 27.1. The molecule has 0 saturated carbocycles. The molecular weight excluding hydrogens is 308 g/mol. The Morgan fingerprint density at radius 1 is 1.14 bits per heavy atom. The molecule has 0 aliphatic carbocycles. The molecule has 1 aromatic rings. The van der Waals surface area contributed by atoms with Crippen LogP contribution in [-0.4, -0.2) is 25.8 Å². The van der Waals surface area contributed by atoms with Gasteiger partial charge in [-0.1, -0.05) is 38.3 Å². The molecule has 0 fully saturated rings. The molecule has 1 rings (SSSR count). The summed E-state index contributed by atoms with van der Waals surface area (Å²) in [5.41, 5.74) is 6.97. The van der Waals surface area contributed by atoms with Crippen molar-refractivity contribution in [3.8, 4) is 0 Å². The maximum atomic E-state index is 12.8. The van der Waals surface area contributed by atoms with Crippen LogP contribution in [0.5, 0.6) is 0 Å². The molecule has 2 N–H and O–H groups in total. The van der Waals surface area contributed by atoms with Gasteiger partial charge in [-0.15, -0.1) is 0 Å². The summed E-state index contributed by atoms with van der Waals surface area (Å²) in [6.07, 6.45) is 3.60. The topological polar surface area (TPSA) is 63.4 Å². The number of nitrogens with zero attached hydrogens (tertiary/aromatic N) is 1. The average Bonchev–Trinajstić information content (AvgIpc) is 2.44. The Kier molecular flexibility index (Phi) is 6.97. The van der Waals surface area contributed by atoms with Gasteiger partial charge in [0.05, 0.1) is 4.90 Å². The minimum atomic E-state index is -3.54. The van der Waals surface area contributed by atoms with Crippen molar-refractivity contribution in [2.45, 2.75) is 51.3 Å². The van der Waals surface area contributed by atoms with Crippen molar-refractivity contribution in [1.29, 1.82) is 0 Å². The first-order valence-electron chi connectivity index (χ1n) is 7.40. The van der Waals surface area contributed by atoms with E-state index in [-0.39, 0.29) is 4.90 Å². The zero-order valence-electron chi connectivity index (χ0n) is 13.0. The maximum absolute atomic E-state index is 12.8. The number of sulfonamides is 1. The lowest BCUT2D eigenvalue weighted by Crippen LogP contribution is -2.33. The molecule has 0 aliphatic heterocycles.